The third kappa shape index (κ3) is 4.15. The van der Waals surface area contributed by atoms with Gasteiger partial charge in [0.15, 0.2) is 0 Å². The predicted molar refractivity (Wildman–Crippen MR) is 99.0 cm³/mol. The molecule has 0 radical (unpaired) electrons. The van der Waals surface area contributed by atoms with E-state index in [1.54, 1.807) is 13.8 Å². The summed E-state index contributed by atoms with van der Waals surface area (Å²) in [5.41, 5.74) is -0.784. The molecule has 0 aliphatic carbocycles. The summed E-state index contributed by atoms with van der Waals surface area (Å²) in [6.07, 6.45) is 0.313. The van der Waals surface area contributed by atoms with Crippen LogP contribution < -0.4 is 0 Å². The zero-order valence-corrected chi connectivity index (χ0v) is 16.8. The van der Waals surface area contributed by atoms with Crippen molar-refractivity contribution in [3.8, 4) is 0 Å². The average Bonchev–Trinajstić information content (AvgIpc) is 3.06. The second-order valence-electron chi connectivity index (χ2n) is 7.13. The Kier molecular flexibility index (Phi) is 6.28. The molecule has 150 valence electrons. The molecule has 1 saturated heterocycles. The molecule has 0 saturated carbocycles. The van der Waals surface area contributed by atoms with E-state index in [2.05, 4.69) is 0 Å². The molecule has 0 spiro atoms. The van der Waals surface area contributed by atoms with Gasteiger partial charge in [-0.3, -0.25) is 9.59 Å². The Morgan fingerprint density at radius 2 is 1.89 bits per heavy atom. The first kappa shape index (κ1) is 21.3. The minimum Gasteiger partial charge on any atom is -0.481 e. The van der Waals surface area contributed by atoms with Crippen LogP contribution in [0.25, 0.3) is 0 Å². The lowest BCUT2D eigenvalue weighted by atomic mass is 9.88. The number of amides is 1. The van der Waals surface area contributed by atoms with E-state index in [1.807, 2.05) is 0 Å². The molecule has 1 amide bonds. The van der Waals surface area contributed by atoms with Crippen molar-refractivity contribution >= 4 is 21.9 Å². The fourth-order valence-corrected chi connectivity index (χ4v) is 4.44. The quantitative estimate of drug-likeness (QED) is 0.742. The largest absolute Gasteiger partial charge is 0.481 e. The maximum absolute atomic E-state index is 12.7. The molecule has 1 aliphatic rings. The number of carbonyl (C=O) groups excluding carboxylic acids is 1. The topological polar surface area (TPSA) is 104 Å². The van der Waals surface area contributed by atoms with Crippen molar-refractivity contribution in [3.63, 3.8) is 0 Å². The second kappa shape index (κ2) is 7.95. The van der Waals surface area contributed by atoms with Crippen LogP contribution in [0.4, 0.5) is 0 Å². The summed E-state index contributed by atoms with van der Waals surface area (Å²) in [4.78, 5) is 25.9. The van der Waals surface area contributed by atoms with Gasteiger partial charge in [-0.2, -0.15) is 4.31 Å². The van der Waals surface area contributed by atoms with Gasteiger partial charge in [-0.1, -0.05) is 0 Å². The smallest absolute Gasteiger partial charge is 0.313 e. The normalized spacial score (nSPS) is 20.4. The summed E-state index contributed by atoms with van der Waals surface area (Å²) in [5.74, 6) is -1.31. The third-order valence-electron chi connectivity index (χ3n) is 5.02. The summed E-state index contributed by atoms with van der Waals surface area (Å²) in [7, 11) is -0.685. The molecule has 1 aromatic carbocycles. The first-order valence-electron chi connectivity index (χ1n) is 8.65. The number of methoxy groups -OCH3 is 1. The van der Waals surface area contributed by atoms with Crippen LogP contribution in [0, 0.1) is 5.41 Å². The molecule has 0 aromatic heterocycles. The standard InChI is InChI=1S/C18H26N2O6S/c1-13(2)19(3)27(24,25)15-7-5-14(6-8-15)16(21)20-10-9-18(11-20,12-26-4)17(22)23/h5-8,13H,9-12H2,1-4H3,(H,22,23). The van der Waals surface area contributed by atoms with E-state index < -0.39 is 21.4 Å². The predicted octanol–water partition coefficient (Wildman–Crippen LogP) is 1.28. The Morgan fingerprint density at radius 3 is 2.37 bits per heavy atom. The number of aliphatic carboxylic acids is 1. The zero-order valence-electron chi connectivity index (χ0n) is 16.0. The van der Waals surface area contributed by atoms with Crippen molar-refractivity contribution in [2.45, 2.75) is 31.2 Å². The van der Waals surface area contributed by atoms with Gasteiger partial charge < -0.3 is 14.7 Å². The molecule has 1 atom stereocenters. The van der Waals surface area contributed by atoms with Crippen molar-refractivity contribution in [1.29, 1.82) is 0 Å². The van der Waals surface area contributed by atoms with Gasteiger partial charge in [-0.05, 0) is 44.5 Å². The highest BCUT2D eigenvalue weighted by molar-refractivity contribution is 7.89. The van der Waals surface area contributed by atoms with Gasteiger partial charge >= 0.3 is 5.97 Å². The highest BCUT2D eigenvalue weighted by Crippen LogP contribution is 2.32. The molecule has 1 heterocycles. The number of carbonyl (C=O) groups is 2. The maximum Gasteiger partial charge on any atom is 0.313 e. The van der Waals surface area contributed by atoms with Gasteiger partial charge in [0.1, 0.15) is 5.41 Å². The van der Waals surface area contributed by atoms with Crippen LogP contribution in [-0.4, -0.2) is 74.5 Å². The number of likely N-dealkylation sites (tertiary alicyclic amines) is 1. The number of hydrogen-bond donors (Lipinski definition) is 1. The second-order valence-corrected chi connectivity index (χ2v) is 9.13. The van der Waals surface area contributed by atoms with E-state index in [0.29, 0.717) is 18.5 Å². The minimum absolute atomic E-state index is 0.0326. The summed E-state index contributed by atoms with van der Waals surface area (Å²) >= 11 is 0. The third-order valence-corrected chi connectivity index (χ3v) is 7.07. The monoisotopic (exact) mass is 398 g/mol. The van der Waals surface area contributed by atoms with E-state index in [1.165, 1.54) is 47.6 Å². The fraction of sp³-hybridized carbons (Fsp3) is 0.556. The Morgan fingerprint density at radius 1 is 1.30 bits per heavy atom. The first-order chi connectivity index (χ1) is 12.5. The van der Waals surface area contributed by atoms with Crippen molar-refractivity contribution < 1.29 is 27.9 Å². The van der Waals surface area contributed by atoms with Gasteiger partial charge in [0.2, 0.25) is 10.0 Å². The number of ether oxygens (including phenoxy) is 1. The Hall–Kier alpha value is -1.97. The molecule has 8 nitrogen and oxygen atoms in total. The van der Waals surface area contributed by atoms with Crippen LogP contribution in [0.15, 0.2) is 29.2 Å². The van der Waals surface area contributed by atoms with Crippen LogP contribution >= 0.6 is 0 Å². The van der Waals surface area contributed by atoms with Crippen molar-refractivity contribution in [2.24, 2.45) is 5.41 Å². The van der Waals surface area contributed by atoms with Crippen LogP contribution in [0.5, 0.6) is 0 Å². The first-order valence-corrected chi connectivity index (χ1v) is 10.1. The van der Waals surface area contributed by atoms with Crippen LogP contribution in [-0.2, 0) is 19.6 Å². The van der Waals surface area contributed by atoms with Gasteiger partial charge in [0.05, 0.1) is 11.5 Å². The van der Waals surface area contributed by atoms with Gasteiger partial charge in [0, 0.05) is 38.9 Å². The van der Waals surface area contributed by atoms with E-state index in [0.717, 1.165) is 0 Å². The van der Waals surface area contributed by atoms with Gasteiger partial charge in [-0.25, -0.2) is 8.42 Å². The van der Waals surface area contributed by atoms with Gasteiger partial charge in [-0.15, -0.1) is 0 Å². The van der Waals surface area contributed by atoms with Crippen LogP contribution in [0.1, 0.15) is 30.6 Å². The highest BCUT2D eigenvalue weighted by Gasteiger charge is 2.46. The Labute approximate surface area is 159 Å². The fourth-order valence-electron chi connectivity index (χ4n) is 3.07. The lowest BCUT2D eigenvalue weighted by molar-refractivity contribution is -0.151. The molecular weight excluding hydrogens is 372 g/mol. The summed E-state index contributed by atoms with van der Waals surface area (Å²) < 4.78 is 31.3. The Balaban J connectivity index is 2.19. The van der Waals surface area contributed by atoms with E-state index in [4.69, 9.17) is 4.74 Å². The highest BCUT2D eigenvalue weighted by atomic mass is 32.2. The lowest BCUT2D eigenvalue weighted by Crippen LogP contribution is -2.40. The number of nitrogens with zero attached hydrogens (tertiary/aromatic N) is 2. The molecule has 2 rings (SSSR count). The summed E-state index contributed by atoms with van der Waals surface area (Å²) in [6, 6.07) is 5.53. The molecule has 27 heavy (non-hydrogen) atoms. The molecule has 1 aromatic rings. The van der Waals surface area contributed by atoms with E-state index in [-0.39, 0.29) is 30.0 Å². The number of carboxylic acids is 1. The maximum atomic E-state index is 12.7. The summed E-state index contributed by atoms with van der Waals surface area (Å²) in [6.45, 7) is 3.95. The molecule has 1 unspecified atom stereocenters. The molecule has 1 fully saturated rings. The Bertz CT molecular complexity index is 806. The van der Waals surface area contributed by atoms with Crippen molar-refractivity contribution in [1.82, 2.24) is 9.21 Å². The molecule has 9 heteroatoms. The van der Waals surface area contributed by atoms with E-state index in [9.17, 15) is 23.1 Å². The number of hydrogen-bond acceptors (Lipinski definition) is 5. The van der Waals surface area contributed by atoms with Crippen molar-refractivity contribution in [2.75, 3.05) is 33.9 Å². The van der Waals surface area contributed by atoms with Crippen molar-refractivity contribution in [3.05, 3.63) is 29.8 Å². The molecule has 1 aliphatic heterocycles. The summed E-state index contributed by atoms with van der Waals surface area (Å²) in [5, 5.41) is 9.50. The SMILES string of the molecule is COCC1(C(=O)O)CCN(C(=O)c2ccc(S(=O)(=O)N(C)C(C)C)cc2)C1. The molecular formula is C18H26N2O6S. The minimum atomic E-state index is -3.62. The average molecular weight is 398 g/mol. The zero-order chi connectivity index (χ0) is 20.4. The van der Waals surface area contributed by atoms with Gasteiger partial charge in [0.25, 0.3) is 5.91 Å². The van der Waals surface area contributed by atoms with Crippen LogP contribution in [0.2, 0.25) is 0 Å². The van der Waals surface area contributed by atoms with Crippen LogP contribution in [0.3, 0.4) is 0 Å². The lowest BCUT2D eigenvalue weighted by Gasteiger charge is -2.24. The molecule has 1 N–H and O–H groups in total. The van der Waals surface area contributed by atoms with E-state index >= 15 is 0 Å². The number of sulfonamides is 1. The number of carboxylic acid groups (broad SMARTS) is 1. The number of benzene rings is 1. The molecule has 0 bridgehead atoms. The number of rotatable bonds is 7.